The smallest absolute Gasteiger partial charge is 0.240 e. The van der Waals surface area contributed by atoms with Crippen LogP contribution >= 0.6 is 11.6 Å². The summed E-state index contributed by atoms with van der Waals surface area (Å²) in [6.07, 6.45) is 1.68. The summed E-state index contributed by atoms with van der Waals surface area (Å²) >= 11 is 6.43. The fourth-order valence-corrected chi connectivity index (χ4v) is 4.22. The van der Waals surface area contributed by atoms with Gasteiger partial charge in [0.25, 0.3) is 0 Å². The monoisotopic (exact) mass is 506 g/mol. The zero-order valence-electron chi connectivity index (χ0n) is 19.0. The van der Waals surface area contributed by atoms with Crippen LogP contribution in [-0.4, -0.2) is 31.1 Å². The van der Waals surface area contributed by atoms with Crippen LogP contribution in [0.1, 0.15) is 12.5 Å². The first kappa shape index (κ1) is 24.3. The quantitative estimate of drug-likeness (QED) is 0.221. The van der Waals surface area contributed by atoms with Crippen LogP contribution in [0, 0.1) is 0 Å². The normalized spacial score (nSPS) is 11.8. The molecule has 0 fully saturated rings. The minimum absolute atomic E-state index is 0.179. The molecule has 35 heavy (non-hydrogen) atoms. The van der Waals surface area contributed by atoms with Crippen LogP contribution in [0.5, 0.6) is 0 Å². The van der Waals surface area contributed by atoms with Crippen molar-refractivity contribution in [1.29, 1.82) is 0 Å². The fraction of sp³-hybridized carbons (Fsp3) is 0.0800. The van der Waals surface area contributed by atoms with Crippen LogP contribution in [0.25, 0.3) is 11.1 Å². The highest BCUT2D eigenvalue weighted by atomic mass is 35.5. The van der Waals surface area contributed by atoms with Crippen LogP contribution in [-0.2, 0) is 10.0 Å². The Morgan fingerprint density at radius 3 is 2.29 bits per heavy atom. The van der Waals surface area contributed by atoms with Crippen LogP contribution in [0.4, 0.5) is 17.5 Å². The summed E-state index contributed by atoms with van der Waals surface area (Å²) in [4.78, 5) is 9.25. The minimum atomic E-state index is -3.51. The number of aromatic nitrogens is 2. The molecule has 0 unspecified atom stereocenters. The lowest BCUT2D eigenvalue weighted by atomic mass is 10.1. The lowest BCUT2D eigenvalue weighted by molar-refractivity contribution is 0.588. The van der Waals surface area contributed by atoms with Gasteiger partial charge in [0.05, 0.1) is 10.6 Å². The molecular weight excluding hydrogens is 484 g/mol. The van der Waals surface area contributed by atoms with E-state index in [4.69, 9.17) is 11.6 Å². The number of nitrogens with zero attached hydrogens (tertiary/aromatic N) is 3. The first-order valence-corrected chi connectivity index (χ1v) is 12.5. The number of hydrazone groups is 1. The van der Waals surface area contributed by atoms with Gasteiger partial charge >= 0.3 is 0 Å². The molecule has 178 valence electrons. The SMILES string of the molecule is CNS(=O)(=O)c1ccc(C(C)=NNc2nc(Nc3ccccc3)ncc2-c2ccccc2Cl)cc1. The molecule has 0 radical (unpaired) electrons. The van der Waals surface area contributed by atoms with Gasteiger partial charge in [0.1, 0.15) is 0 Å². The summed E-state index contributed by atoms with van der Waals surface area (Å²) in [6.45, 7) is 1.81. The minimum Gasteiger partial charge on any atom is -0.324 e. The molecule has 3 N–H and O–H groups in total. The number of benzene rings is 3. The molecule has 0 amide bonds. The van der Waals surface area contributed by atoms with Crippen molar-refractivity contribution in [3.8, 4) is 11.1 Å². The number of nitrogens with one attached hydrogen (secondary N) is 3. The van der Waals surface area contributed by atoms with Crippen molar-refractivity contribution in [2.45, 2.75) is 11.8 Å². The zero-order valence-corrected chi connectivity index (χ0v) is 20.6. The van der Waals surface area contributed by atoms with Gasteiger partial charge < -0.3 is 5.32 Å². The number of sulfonamides is 1. The Hall–Kier alpha value is -3.79. The second kappa shape index (κ2) is 10.6. The molecule has 0 saturated heterocycles. The molecule has 0 atom stereocenters. The van der Waals surface area contributed by atoms with E-state index in [-0.39, 0.29) is 4.90 Å². The maximum atomic E-state index is 12.0. The van der Waals surface area contributed by atoms with Gasteiger partial charge in [-0.05, 0) is 49.9 Å². The first-order valence-electron chi connectivity index (χ1n) is 10.7. The van der Waals surface area contributed by atoms with Crippen molar-refractivity contribution in [3.05, 3.63) is 95.6 Å². The lowest BCUT2D eigenvalue weighted by Crippen LogP contribution is -2.18. The topological polar surface area (TPSA) is 108 Å². The van der Waals surface area contributed by atoms with Gasteiger partial charge in [-0.25, -0.2) is 18.1 Å². The molecule has 0 aliphatic rings. The van der Waals surface area contributed by atoms with Crippen LogP contribution in [0.3, 0.4) is 0 Å². The Morgan fingerprint density at radius 1 is 0.914 bits per heavy atom. The third-order valence-corrected chi connectivity index (χ3v) is 6.92. The van der Waals surface area contributed by atoms with E-state index in [1.54, 1.807) is 24.4 Å². The van der Waals surface area contributed by atoms with Crippen molar-refractivity contribution < 1.29 is 8.42 Å². The number of hydrogen-bond donors (Lipinski definition) is 3. The van der Waals surface area contributed by atoms with Crippen molar-refractivity contribution >= 4 is 44.8 Å². The molecule has 0 aliphatic heterocycles. The number of rotatable bonds is 8. The zero-order chi connectivity index (χ0) is 24.8. The number of para-hydroxylation sites is 1. The maximum Gasteiger partial charge on any atom is 0.240 e. The second-order valence-electron chi connectivity index (χ2n) is 7.47. The summed E-state index contributed by atoms with van der Waals surface area (Å²) in [5.74, 6) is 0.851. The largest absolute Gasteiger partial charge is 0.324 e. The highest BCUT2D eigenvalue weighted by Crippen LogP contribution is 2.32. The fourth-order valence-electron chi connectivity index (χ4n) is 3.25. The third kappa shape index (κ3) is 5.83. The second-order valence-corrected chi connectivity index (χ2v) is 9.76. The van der Waals surface area contributed by atoms with Crippen LogP contribution in [0.2, 0.25) is 5.02 Å². The molecule has 0 bridgehead atoms. The molecule has 0 saturated carbocycles. The van der Waals surface area contributed by atoms with E-state index in [9.17, 15) is 8.42 Å². The molecular formula is C25H23ClN6O2S. The Morgan fingerprint density at radius 2 is 1.60 bits per heavy atom. The average Bonchev–Trinajstić information content (AvgIpc) is 2.88. The Labute approximate surface area is 209 Å². The van der Waals surface area contributed by atoms with Gasteiger partial charge in [0.2, 0.25) is 16.0 Å². The Kier molecular flexibility index (Phi) is 7.40. The number of hydrogen-bond acceptors (Lipinski definition) is 7. The highest BCUT2D eigenvalue weighted by molar-refractivity contribution is 7.89. The van der Waals surface area contributed by atoms with E-state index in [0.717, 1.165) is 16.8 Å². The van der Waals surface area contributed by atoms with E-state index in [0.29, 0.717) is 28.1 Å². The molecule has 8 nitrogen and oxygen atoms in total. The molecule has 0 aliphatic carbocycles. The van der Waals surface area contributed by atoms with Crippen molar-refractivity contribution in [1.82, 2.24) is 14.7 Å². The predicted octanol–water partition coefficient (Wildman–Crippen LogP) is 5.28. The molecule has 10 heteroatoms. The van der Waals surface area contributed by atoms with Gasteiger partial charge in [-0.3, -0.25) is 5.43 Å². The lowest BCUT2D eigenvalue weighted by Gasteiger charge is -2.13. The maximum absolute atomic E-state index is 12.0. The molecule has 3 aromatic carbocycles. The average molecular weight is 507 g/mol. The van der Waals surface area contributed by atoms with Gasteiger partial charge in [0, 0.05) is 28.0 Å². The summed E-state index contributed by atoms with van der Waals surface area (Å²) in [6, 6.07) is 23.5. The molecule has 1 heterocycles. The summed E-state index contributed by atoms with van der Waals surface area (Å²) in [5, 5.41) is 8.22. The van der Waals surface area contributed by atoms with E-state index < -0.39 is 10.0 Å². The predicted molar refractivity (Wildman–Crippen MR) is 141 cm³/mol. The van der Waals surface area contributed by atoms with Crippen LogP contribution in [0.15, 0.2) is 95.1 Å². The standard InChI is InChI=1S/C25H23ClN6O2S/c1-17(18-12-14-20(15-13-18)35(33,34)27-2)31-32-24-22(21-10-6-7-11-23(21)26)16-28-25(30-24)29-19-8-4-3-5-9-19/h3-16,27H,1-2H3,(H2,28,29,30,32). The van der Waals surface area contributed by atoms with Crippen molar-refractivity contribution in [2.75, 3.05) is 17.8 Å². The Bertz CT molecular complexity index is 1460. The Balaban J connectivity index is 1.66. The summed E-state index contributed by atoms with van der Waals surface area (Å²) < 4.78 is 26.2. The van der Waals surface area contributed by atoms with E-state index in [1.165, 1.54) is 19.2 Å². The van der Waals surface area contributed by atoms with Crippen molar-refractivity contribution in [3.63, 3.8) is 0 Å². The van der Waals surface area contributed by atoms with Gasteiger partial charge in [-0.1, -0.05) is 60.1 Å². The molecule has 0 spiro atoms. The van der Waals surface area contributed by atoms with Gasteiger partial charge in [-0.2, -0.15) is 10.1 Å². The van der Waals surface area contributed by atoms with Gasteiger partial charge in [-0.15, -0.1) is 0 Å². The number of anilines is 3. The summed E-state index contributed by atoms with van der Waals surface area (Å²) in [7, 11) is -2.13. The summed E-state index contributed by atoms with van der Waals surface area (Å²) in [5.41, 5.74) is 6.71. The third-order valence-electron chi connectivity index (χ3n) is 5.16. The number of halogens is 1. The van der Waals surface area contributed by atoms with Crippen molar-refractivity contribution in [2.24, 2.45) is 5.10 Å². The molecule has 4 rings (SSSR count). The van der Waals surface area contributed by atoms with E-state index >= 15 is 0 Å². The molecule has 4 aromatic rings. The van der Waals surface area contributed by atoms with E-state index in [2.05, 4.69) is 30.5 Å². The van der Waals surface area contributed by atoms with Crippen LogP contribution < -0.4 is 15.5 Å². The molecule has 1 aromatic heterocycles. The highest BCUT2D eigenvalue weighted by Gasteiger charge is 2.14. The van der Waals surface area contributed by atoms with Gasteiger partial charge in [0.15, 0.2) is 5.82 Å². The van der Waals surface area contributed by atoms with E-state index in [1.807, 2.05) is 55.5 Å². The first-order chi connectivity index (χ1) is 16.9.